The Labute approximate surface area is 186 Å². The number of fused-ring (bicyclic) bond motifs is 3. The molecular weight excluding hydrogens is 439 g/mol. The second-order valence-electron chi connectivity index (χ2n) is 7.09. The van der Waals surface area contributed by atoms with Gasteiger partial charge in [0.2, 0.25) is 5.95 Å². The third-order valence-corrected chi connectivity index (χ3v) is 6.73. The molecule has 5 nitrogen and oxygen atoms in total. The summed E-state index contributed by atoms with van der Waals surface area (Å²) in [5, 5.41) is 11.4. The van der Waals surface area contributed by atoms with Crippen molar-refractivity contribution in [1.29, 1.82) is 0 Å². The first-order valence-corrected chi connectivity index (χ1v) is 11.0. The fourth-order valence-corrected chi connectivity index (χ4v) is 5.30. The highest BCUT2D eigenvalue weighted by Crippen LogP contribution is 2.51. The van der Waals surface area contributed by atoms with Crippen molar-refractivity contribution < 1.29 is 4.74 Å². The minimum Gasteiger partial charge on any atom is -0.480 e. The maximum atomic E-state index is 6.55. The first-order valence-electron chi connectivity index (χ1n) is 9.35. The van der Waals surface area contributed by atoms with E-state index in [1.165, 1.54) is 0 Å². The summed E-state index contributed by atoms with van der Waals surface area (Å²) < 4.78 is 8.45. The second kappa shape index (κ2) is 6.87. The largest absolute Gasteiger partial charge is 0.480 e. The van der Waals surface area contributed by atoms with Gasteiger partial charge in [-0.05, 0) is 47.3 Å². The van der Waals surface area contributed by atoms with Gasteiger partial charge in [0.05, 0.1) is 5.70 Å². The van der Waals surface area contributed by atoms with Gasteiger partial charge in [-0.25, -0.2) is 4.68 Å². The quantitative estimate of drug-likeness (QED) is 0.392. The number of anilines is 1. The summed E-state index contributed by atoms with van der Waals surface area (Å²) in [4.78, 5) is 5.58. The molecule has 0 bridgehead atoms. The molecule has 2 aliphatic heterocycles. The first-order chi connectivity index (χ1) is 14.7. The first kappa shape index (κ1) is 18.0. The molecule has 0 radical (unpaired) electrons. The number of benzene rings is 2. The lowest BCUT2D eigenvalue weighted by atomic mass is 9.87. The minimum absolute atomic E-state index is 0.158. The van der Waals surface area contributed by atoms with Crippen LogP contribution in [0.25, 0.3) is 5.70 Å². The van der Waals surface area contributed by atoms with Crippen LogP contribution < -0.4 is 10.1 Å². The smallest absolute Gasteiger partial charge is 0.226 e. The molecular formula is C22H14Cl2N4OS. The number of rotatable bonds is 2. The zero-order valence-corrected chi connectivity index (χ0v) is 17.7. The second-order valence-corrected chi connectivity index (χ2v) is 8.95. The van der Waals surface area contributed by atoms with Crippen LogP contribution in [0.15, 0.2) is 71.9 Å². The van der Waals surface area contributed by atoms with Gasteiger partial charge < -0.3 is 10.1 Å². The lowest BCUT2D eigenvalue weighted by Crippen LogP contribution is -2.32. The van der Waals surface area contributed by atoms with E-state index in [0.717, 1.165) is 33.0 Å². The molecule has 0 fully saturated rings. The summed E-state index contributed by atoms with van der Waals surface area (Å²) in [7, 11) is 0. The summed E-state index contributed by atoms with van der Waals surface area (Å²) in [6, 6.07) is 17.4. The van der Waals surface area contributed by atoms with Gasteiger partial charge >= 0.3 is 0 Å². The lowest BCUT2D eigenvalue weighted by Gasteiger charge is -2.38. The highest BCUT2D eigenvalue weighted by atomic mass is 35.5. The summed E-state index contributed by atoms with van der Waals surface area (Å²) in [6.45, 7) is 0. The van der Waals surface area contributed by atoms with E-state index >= 15 is 0 Å². The summed E-state index contributed by atoms with van der Waals surface area (Å²) in [5.41, 5.74) is 3.88. The van der Waals surface area contributed by atoms with Crippen LogP contribution in [0.1, 0.15) is 28.1 Å². The molecule has 2 aromatic heterocycles. The number of thiophene rings is 1. The van der Waals surface area contributed by atoms with E-state index in [1.807, 2.05) is 53.2 Å². The number of hydrogen-bond acceptors (Lipinski definition) is 5. The SMILES string of the molecule is Clc1cccc(C2Oc3ccc(Cl)cc3C3=C2C(c2cccs2)n2ncnc2N3)c1. The molecule has 0 aliphatic carbocycles. The Kier molecular flexibility index (Phi) is 4.13. The fourth-order valence-electron chi connectivity index (χ4n) is 4.11. The molecule has 0 amide bonds. The standard InChI is InChI=1S/C22H14Cl2N4OS/c23-13-4-1-3-12(9-13)21-18-19(15-10-14(24)6-7-16(15)29-21)27-22-25-11-26-28(22)20(18)17-5-2-8-30-17/h1-11,20-21H,(H,25,26,27). The van der Waals surface area contributed by atoms with E-state index in [0.29, 0.717) is 16.0 Å². The van der Waals surface area contributed by atoms with Crippen LogP contribution in [-0.2, 0) is 0 Å². The molecule has 0 saturated heterocycles. The van der Waals surface area contributed by atoms with Crippen molar-refractivity contribution in [2.45, 2.75) is 12.1 Å². The molecule has 6 rings (SSSR count). The van der Waals surface area contributed by atoms with Crippen molar-refractivity contribution in [3.05, 3.63) is 97.9 Å². The van der Waals surface area contributed by atoms with Crippen molar-refractivity contribution >= 4 is 46.2 Å². The number of aromatic nitrogens is 3. The fraction of sp³-hybridized carbons (Fsp3) is 0.0909. The van der Waals surface area contributed by atoms with Crippen LogP contribution in [-0.4, -0.2) is 14.8 Å². The van der Waals surface area contributed by atoms with Gasteiger partial charge in [0.1, 0.15) is 24.2 Å². The molecule has 0 saturated carbocycles. The van der Waals surface area contributed by atoms with Gasteiger partial charge in [-0.15, -0.1) is 11.3 Å². The third kappa shape index (κ3) is 2.75. The van der Waals surface area contributed by atoms with Crippen LogP contribution in [0.2, 0.25) is 10.0 Å². The molecule has 2 unspecified atom stereocenters. The Morgan fingerprint density at radius 3 is 2.77 bits per heavy atom. The molecule has 8 heteroatoms. The van der Waals surface area contributed by atoms with Crippen molar-refractivity contribution in [1.82, 2.24) is 14.8 Å². The molecule has 30 heavy (non-hydrogen) atoms. The Balaban J connectivity index is 1.65. The van der Waals surface area contributed by atoms with Crippen LogP contribution in [0.5, 0.6) is 5.75 Å². The van der Waals surface area contributed by atoms with E-state index in [9.17, 15) is 0 Å². The Morgan fingerprint density at radius 1 is 1.03 bits per heavy atom. The Morgan fingerprint density at radius 2 is 1.93 bits per heavy atom. The molecule has 1 N–H and O–H groups in total. The summed E-state index contributed by atoms with van der Waals surface area (Å²) in [6.07, 6.45) is 1.22. The van der Waals surface area contributed by atoms with Gasteiger partial charge in [-0.1, -0.05) is 41.4 Å². The number of nitrogens with zero attached hydrogens (tertiary/aromatic N) is 3. The minimum atomic E-state index is -0.343. The number of nitrogens with one attached hydrogen (secondary N) is 1. The normalized spacial score (nSPS) is 19.4. The van der Waals surface area contributed by atoms with Crippen LogP contribution in [0.4, 0.5) is 5.95 Å². The monoisotopic (exact) mass is 452 g/mol. The topological polar surface area (TPSA) is 52.0 Å². The maximum absolute atomic E-state index is 6.55. The average molecular weight is 453 g/mol. The molecule has 2 atom stereocenters. The van der Waals surface area contributed by atoms with Crippen LogP contribution in [0.3, 0.4) is 0 Å². The van der Waals surface area contributed by atoms with E-state index in [1.54, 1.807) is 17.7 Å². The number of halogens is 2. The number of ether oxygens (including phenoxy) is 1. The Bertz CT molecular complexity index is 1300. The molecule has 4 aromatic rings. The van der Waals surface area contributed by atoms with Crippen molar-refractivity contribution in [2.24, 2.45) is 0 Å². The zero-order valence-electron chi connectivity index (χ0n) is 15.4. The van der Waals surface area contributed by atoms with Gasteiger partial charge in [-0.3, -0.25) is 0 Å². The van der Waals surface area contributed by atoms with Gasteiger partial charge in [0.15, 0.2) is 0 Å². The van der Waals surface area contributed by atoms with E-state index < -0.39 is 0 Å². The van der Waals surface area contributed by atoms with E-state index in [4.69, 9.17) is 27.9 Å². The van der Waals surface area contributed by atoms with Gasteiger partial charge in [0.25, 0.3) is 0 Å². The van der Waals surface area contributed by atoms with Crippen LogP contribution in [0, 0.1) is 0 Å². The van der Waals surface area contributed by atoms with Crippen molar-refractivity contribution in [3.8, 4) is 5.75 Å². The zero-order chi connectivity index (χ0) is 20.2. The predicted octanol–water partition coefficient (Wildman–Crippen LogP) is 6.21. The average Bonchev–Trinajstić information content (AvgIpc) is 3.44. The van der Waals surface area contributed by atoms with Crippen molar-refractivity contribution in [2.75, 3.05) is 5.32 Å². The molecule has 0 spiro atoms. The number of hydrogen-bond donors (Lipinski definition) is 1. The van der Waals surface area contributed by atoms with E-state index in [-0.39, 0.29) is 12.1 Å². The Hall–Kier alpha value is -2.80. The highest BCUT2D eigenvalue weighted by Gasteiger charge is 2.41. The van der Waals surface area contributed by atoms with E-state index in [2.05, 4.69) is 26.8 Å². The van der Waals surface area contributed by atoms with Crippen LogP contribution >= 0.6 is 34.5 Å². The molecule has 2 aromatic carbocycles. The maximum Gasteiger partial charge on any atom is 0.226 e. The highest BCUT2D eigenvalue weighted by molar-refractivity contribution is 7.10. The summed E-state index contributed by atoms with van der Waals surface area (Å²) >= 11 is 14.4. The predicted molar refractivity (Wildman–Crippen MR) is 119 cm³/mol. The molecule has 4 heterocycles. The third-order valence-electron chi connectivity index (χ3n) is 5.34. The van der Waals surface area contributed by atoms with Gasteiger partial charge in [-0.2, -0.15) is 10.1 Å². The molecule has 2 aliphatic rings. The van der Waals surface area contributed by atoms with Gasteiger partial charge in [0, 0.05) is 26.1 Å². The summed E-state index contributed by atoms with van der Waals surface area (Å²) in [5.74, 6) is 1.44. The molecule has 148 valence electrons. The lowest BCUT2D eigenvalue weighted by molar-refractivity contribution is 0.223. The van der Waals surface area contributed by atoms with Crippen molar-refractivity contribution in [3.63, 3.8) is 0 Å².